The maximum atomic E-state index is 11.9. The van der Waals surface area contributed by atoms with E-state index in [0.29, 0.717) is 16.3 Å². The largest absolute Gasteiger partial charge is 0.455 e. The topological polar surface area (TPSA) is 118 Å². The second-order valence-corrected chi connectivity index (χ2v) is 7.27. The summed E-state index contributed by atoms with van der Waals surface area (Å²) >= 11 is 2.71. The number of furan rings is 1. The molecule has 0 radical (unpaired) electrons. The number of esters is 1. The molecule has 8 nitrogen and oxygen atoms in total. The van der Waals surface area contributed by atoms with Gasteiger partial charge in [0, 0.05) is 10.9 Å². The number of carbonyl (C=O) groups excluding carboxylic acids is 2. The average Bonchev–Trinajstić information content (AvgIpc) is 3.23. The zero-order chi connectivity index (χ0) is 19.4. The van der Waals surface area contributed by atoms with Crippen LogP contribution in [-0.4, -0.2) is 34.2 Å². The number of nitriles is 1. The lowest BCUT2D eigenvalue weighted by Gasteiger charge is -2.05. The minimum atomic E-state index is -0.583. The van der Waals surface area contributed by atoms with Crippen LogP contribution >= 0.6 is 23.1 Å². The maximum Gasteiger partial charge on any atom is 0.316 e. The van der Waals surface area contributed by atoms with Crippen molar-refractivity contribution in [1.29, 1.82) is 5.26 Å². The lowest BCUT2D eigenvalue weighted by molar-refractivity contribution is -0.144. The molecule has 0 spiro atoms. The summed E-state index contributed by atoms with van der Waals surface area (Å²) in [5, 5.41) is 15.0. The van der Waals surface area contributed by atoms with E-state index in [0.717, 1.165) is 10.2 Å². The van der Waals surface area contributed by atoms with E-state index in [9.17, 15) is 9.59 Å². The number of hydrogen-bond acceptors (Lipinski definition) is 9. The zero-order valence-electron chi connectivity index (χ0n) is 14.4. The van der Waals surface area contributed by atoms with Crippen molar-refractivity contribution in [1.82, 2.24) is 9.97 Å². The second kappa shape index (κ2) is 8.20. The number of amides is 1. The van der Waals surface area contributed by atoms with Gasteiger partial charge in [-0.2, -0.15) is 5.26 Å². The third-order valence-corrected chi connectivity index (χ3v) is 5.47. The molecule has 0 saturated heterocycles. The van der Waals surface area contributed by atoms with Gasteiger partial charge in [0.2, 0.25) is 5.88 Å². The quantitative estimate of drug-likeness (QED) is 0.380. The number of aryl methyl sites for hydroxylation is 1. The average molecular weight is 402 g/mol. The molecule has 0 aliphatic rings. The zero-order valence-corrected chi connectivity index (χ0v) is 16.1. The maximum absolute atomic E-state index is 11.9. The van der Waals surface area contributed by atoms with Crippen LogP contribution in [0.15, 0.2) is 27.2 Å². The van der Waals surface area contributed by atoms with Gasteiger partial charge in [0.1, 0.15) is 33.6 Å². The molecule has 0 aromatic carbocycles. The Balaban J connectivity index is 1.51. The van der Waals surface area contributed by atoms with E-state index < -0.39 is 18.5 Å². The molecule has 0 aliphatic carbocycles. The van der Waals surface area contributed by atoms with Crippen LogP contribution in [-0.2, 0) is 14.3 Å². The van der Waals surface area contributed by atoms with Crippen LogP contribution in [0.5, 0.6) is 0 Å². The van der Waals surface area contributed by atoms with Gasteiger partial charge in [-0.3, -0.25) is 14.9 Å². The summed E-state index contributed by atoms with van der Waals surface area (Å²) in [7, 11) is 0. The summed E-state index contributed by atoms with van der Waals surface area (Å²) < 4.78 is 10.3. The first-order valence-electron chi connectivity index (χ1n) is 7.76. The smallest absolute Gasteiger partial charge is 0.316 e. The third-order valence-electron chi connectivity index (χ3n) is 3.67. The van der Waals surface area contributed by atoms with Gasteiger partial charge in [-0.1, -0.05) is 11.8 Å². The Morgan fingerprint density at radius 1 is 1.41 bits per heavy atom. The van der Waals surface area contributed by atoms with Gasteiger partial charge in [0.25, 0.3) is 5.91 Å². The fourth-order valence-electron chi connectivity index (χ4n) is 2.21. The number of fused-ring (bicyclic) bond motifs is 1. The molecule has 3 rings (SSSR count). The number of carbonyl (C=O) groups is 2. The van der Waals surface area contributed by atoms with Crippen molar-refractivity contribution in [2.75, 3.05) is 17.7 Å². The van der Waals surface area contributed by atoms with Crippen molar-refractivity contribution in [2.24, 2.45) is 0 Å². The van der Waals surface area contributed by atoms with E-state index in [-0.39, 0.29) is 17.2 Å². The van der Waals surface area contributed by atoms with Gasteiger partial charge >= 0.3 is 5.97 Å². The minimum absolute atomic E-state index is 0.0116. The predicted octanol–water partition coefficient (Wildman–Crippen LogP) is 3.05. The lowest BCUT2D eigenvalue weighted by Crippen LogP contribution is -2.21. The van der Waals surface area contributed by atoms with E-state index in [1.165, 1.54) is 29.4 Å². The molecule has 0 fully saturated rings. The van der Waals surface area contributed by atoms with E-state index >= 15 is 0 Å². The van der Waals surface area contributed by atoms with Crippen molar-refractivity contribution in [3.63, 3.8) is 0 Å². The number of nitrogens with zero attached hydrogens (tertiary/aromatic N) is 3. The number of thioether (sulfide) groups is 1. The fourth-order valence-corrected chi connectivity index (χ4v) is 3.79. The highest BCUT2D eigenvalue weighted by molar-refractivity contribution is 8.00. The summed E-state index contributed by atoms with van der Waals surface area (Å²) in [4.78, 5) is 33.0. The van der Waals surface area contributed by atoms with Crippen LogP contribution in [0.25, 0.3) is 10.2 Å². The van der Waals surface area contributed by atoms with Crippen molar-refractivity contribution in [3.05, 3.63) is 34.7 Å². The van der Waals surface area contributed by atoms with E-state index in [1.54, 1.807) is 13.8 Å². The SMILES string of the molecule is Cc1oc(NC(=O)COC(=O)CSc2ncnc3sccc23)c(C#N)c1C. The molecule has 138 valence electrons. The fraction of sp³-hybridized carbons (Fsp3) is 0.235. The number of nitrogens with one attached hydrogen (secondary N) is 1. The van der Waals surface area contributed by atoms with Gasteiger partial charge < -0.3 is 9.15 Å². The summed E-state index contributed by atoms with van der Waals surface area (Å²) in [6.07, 6.45) is 1.44. The van der Waals surface area contributed by atoms with Crippen LogP contribution < -0.4 is 5.32 Å². The Kier molecular flexibility index (Phi) is 5.73. The Bertz CT molecular complexity index is 1050. The van der Waals surface area contributed by atoms with Crippen LogP contribution in [0.1, 0.15) is 16.9 Å². The monoisotopic (exact) mass is 402 g/mol. The first-order valence-corrected chi connectivity index (χ1v) is 9.62. The number of aromatic nitrogens is 2. The first kappa shape index (κ1) is 18.9. The third kappa shape index (κ3) is 4.27. The molecule has 1 N–H and O–H groups in total. The summed E-state index contributed by atoms with van der Waals surface area (Å²) in [6, 6.07) is 3.87. The van der Waals surface area contributed by atoms with E-state index in [4.69, 9.17) is 14.4 Å². The normalized spacial score (nSPS) is 10.6. The van der Waals surface area contributed by atoms with Crippen LogP contribution in [0, 0.1) is 25.2 Å². The molecule has 1 amide bonds. The Morgan fingerprint density at radius 2 is 2.22 bits per heavy atom. The minimum Gasteiger partial charge on any atom is -0.455 e. The van der Waals surface area contributed by atoms with Gasteiger partial charge in [-0.25, -0.2) is 9.97 Å². The summed E-state index contributed by atoms with van der Waals surface area (Å²) in [5.74, 6) is -0.522. The molecule has 0 aliphatic heterocycles. The Hall–Kier alpha value is -2.90. The molecule has 27 heavy (non-hydrogen) atoms. The molecule has 0 saturated carbocycles. The predicted molar refractivity (Wildman–Crippen MR) is 101 cm³/mol. The van der Waals surface area contributed by atoms with Crippen molar-refractivity contribution in [2.45, 2.75) is 18.9 Å². The Labute approximate surface area is 162 Å². The highest BCUT2D eigenvalue weighted by Gasteiger charge is 2.17. The number of rotatable bonds is 6. The molecule has 0 bridgehead atoms. The molecule has 0 unspecified atom stereocenters. The number of hydrogen-bond donors (Lipinski definition) is 1. The van der Waals surface area contributed by atoms with Gasteiger partial charge in [-0.05, 0) is 25.3 Å². The molecular formula is C17H14N4O4S2. The highest BCUT2D eigenvalue weighted by Crippen LogP contribution is 2.28. The van der Waals surface area contributed by atoms with Gasteiger partial charge in [0.05, 0.1) is 5.75 Å². The summed E-state index contributed by atoms with van der Waals surface area (Å²) in [6.45, 7) is 2.95. The standard InChI is InChI=1S/C17H14N4O4S2/c1-9-10(2)25-15(12(9)5-18)21-13(22)6-24-14(23)7-27-17-11-3-4-26-16(11)19-8-20-17/h3-4,8H,6-7H2,1-2H3,(H,21,22). The van der Waals surface area contributed by atoms with E-state index in [2.05, 4.69) is 15.3 Å². The van der Waals surface area contributed by atoms with Crippen LogP contribution in [0.3, 0.4) is 0 Å². The first-order chi connectivity index (χ1) is 13.0. The van der Waals surface area contributed by atoms with Crippen molar-refractivity contribution < 1.29 is 18.7 Å². The molecule has 3 aromatic rings. The second-order valence-electron chi connectivity index (χ2n) is 5.41. The van der Waals surface area contributed by atoms with Crippen LogP contribution in [0.4, 0.5) is 5.88 Å². The highest BCUT2D eigenvalue weighted by atomic mass is 32.2. The summed E-state index contributed by atoms with van der Waals surface area (Å²) in [5.41, 5.74) is 0.914. The van der Waals surface area contributed by atoms with Gasteiger partial charge in [-0.15, -0.1) is 11.3 Å². The van der Waals surface area contributed by atoms with E-state index in [1.807, 2.05) is 17.5 Å². The number of thiophene rings is 1. The van der Waals surface area contributed by atoms with Crippen molar-refractivity contribution in [3.8, 4) is 6.07 Å². The van der Waals surface area contributed by atoms with Crippen LogP contribution in [0.2, 0.25) is 0 Å². The molecule has 3 aromatic heterocycles. The molecule has 10 heteroatoms. The molecule has 3 heterocycles. The lowest BCUT2D eigenvalue weighted by atomic mass is 10.2. The van der Waals surface area contributed by atoms with Gasteiger partial charge in [0.15, 0.2) is 6.61 Å². The number of anilines is 1. The molecular weight excluding hydrogens is 388 g/mol. The molecule has 0 atom stereocenters. The van der Waals surface area contributed by atoms with Crippen molar-refractivity contribution >= 4 is 51.1 Å². The Morgan fingerprint density at radius 3 is 3.00 bits per heavy atom. The number of ether oxygens (including phenoxy) is 1.